The van der Waals surface area contributed by atoms with Gasteiger partial charge in [-0.25, -0.2) is 4.79 Å². The van der Waals surface area contributed by atoms with Crippen LogP contribution in [0.1, 0.15) is 23.6 Å². The number of hydrogen-bond acceptors (Lipinski definition) is 3. The molecule has 0 aliphatic rings. The average molecular weight is 372 g/mol. The van der Waals surface area contributed by atoms with Crippen LogP contribution < -0.4 is 4.74 Å². The Balaban J connectivity index is 1.72. The predicted molar refractivity (Wildman–Crippen MR) is 113 cm³/mol. The molecule has 0 N–H and O–H groups in total. The van der Waals surface area contributed by atoms with Crippen molar-refractivity contribution in [3.8, 4) is 16.9 Å². The molecule has 0 amide bonds. The molecule has 0 atom stereocenters. The van der Waals surface area contributed by atoms with Crippen molar-refractivity contribution in [1.82, 2.24) is 0 Å². The summed E-state index contributed by atoms with van der Waals surface area (Å²) in [6.07, 6.45) is 3.22. The highest BCUT2D eigenvalue weighted by Crippen LogP contribution is 2.27. The van der Waals surface area contributed by atoms with E-state index in [4.69, 9.17) is 9.47 Å². The van der Waals surface area contributed by atoms with Crippen LogP contribution in [-0.2, 0) is 16.1 Å². The van der Waals surface area contributed by atoms with E-state index in [0.717, 1.165) is 33.6 Å². The van der Waals surface area contributed by atoms with Gasteiger partial charge in [0.25, 0.3) is 0 Å². The molecule has 3 aromatic rings. The van der Waals surface area contributed by atoms with Gasteiger partial charge in [0.05, 0.1) is 6.61 Å². The first kappa shape index (κ1) is 19.4. The third-order valence-electron chi connectivity index (χ3n) is 4.33. The van der Waals surface area contributed by atoms with E-state index in [-0.39, 0.29) is 5.97 Å². The molecule has 0 aliphatic heterocycles. The lowest BCUT2D eigenvalue weighted by Gasteiger charge is -2.11. The lowest BCUT2D eigenvalue weighted by Crippen LogP contribution is -1.98. The van der Waals surface area contributed by atoms with Gasteiger partial charge in [-0.1, -0.05) is 54.6 Å². The minimum atomic E-state index is -0.330. The van der Waals surface area contributed by atoms with Gasteiger partial charge in [0, 0.05) is 6.08 Å². The van der Waals surface area contributed by atoms with E-state index in [9.17, 15) is 4.79 Å². The molecule has 0 aromatic heterocycles. The number of carbonyl (C=O) groups is 1. The Hall–Kier alpha value is -3.33. The van der Waals surface area contributed by atoms with Crippen LogP contribution in [0.4, 0.5) is 0 Å². The Morgan fingerprint density at radius 2 is 1.71 bits per heavy atom. The van der Waals surface area contributed by atoms with Gasteiger partial charge in [-0.2, -0.15) is 0 Å². The van der Waals surface area contributed by atoms with Crippen LogP contribution in [0.15, 0.2) is 78.9 Å². The van der Waals surface area contributed by atoms with E-state index in [1.165, 1.54) is 6.08 Å². The maximum Gasteiger partial charge on any atom is 0.330 e. The summed E-state index contributed by atoms with van der Waals surface area (Å²) in [4.78, 5) is 11.5. The Kier molecular flexibility index (Phi) is 6.64. The SMILES string of the molecule is CCOC(=O)C=Cc1cccc(-c2ccc(OCc3ccccc3)c(C)c2)c1. The van der Waals surface area contributed by atoms with E-state index < -0.39 is 0 Å². The van der Waals surface area contributed by atoms with Gasteiger partial charge in [-0.3, -0.25) is 0 Å². The Bertz CT molecular complexity index is 959. The van der Waals surface area contributed by atoms with E-state index >= 15 is 0 Å². The molecule has 0 fully saturated rings. The molecule has 3 aromatic carbocycles. The fraction of sp³-hybridized carbons (Fsp3) is 0.160. The summed E-state index contributed by atoms with van der Waals surface area (Å²) in [5.74, 6) is 0.551. The van der Waals surface area contributed by atoms with Crippen LogP contribution in [0.5, 0.6) is 5.75 Å². The highest BCUT2D eigenvalue weighted by Gasteiger charge is 2.05. The number of benzene rings is 3. The lowest BCUT2D eigenvalue weighted by atomic mass is 10.0. The van der Waals surface area contributed by atoms with Crippen molar-refractivity contribution >= 4 is 12.0 Å². The van der Waals surface area contributed by atoms with Gasteiger partial charge < -0.3 is 9.47 Å². The molecule has 0 radical (unpaired) electrons. The van der Waals surface area contributed by atoms with Crippen LogP contribution >= 0.6 is 0 Å². The van der Waals surface area contributed by atoms with Crippen LogP contribution in [0.3, 0.4) is 0 Å². The quantitative estimate of drug-likeness (QED) is 0.387. The smallest absolute Gasteiger partial charge is 0.330 e. The molecular formula is C25H24O3. The second kappa shape index (κ2) is 9.56. The van der Waals surface area contributed by atoms with Gasteiger partial charge in [0.1, 0.15) is 12.4 Å². The minimum absolute atomic E-state index is 0.330. The molecule has 0 saturated heterocycles. The van der Waals surface area contributed by atoms with Crippen LogP contribution in [0, 0.1) is 6.92 Å². The van der Waals surface area contributed by atoms with Gasteiger partial charge in [-0.15, -0.1) is 0 Å². The standard InChI is InChI=1S/C25H24O3/c1-3-27-25(26)15-12-20-10-7-11-22(17-20)23-13-14-24(19(2)16-23)28-18-21-8-5-4-6-9-21/h4-17H,3,18H2,1-2H3. The van der Waals surface area contributed by atoms with Crippen molar-refractivity contribution in [2.75, 3.05) is 6.61 Å². The van der Waals surface area contributed by atoms with E-state index in [0.29, 0.717) is 13.2 Å². The molecule has 0 heterocycles. The third kappa shape index (κ3) is 5.34. The zero-order valence-corrected chi connectivity index (χ0v) is 16.2. The summed E-state index contributed by atoms with van der Waals surface area (Å²) < 4.78 is 10.9. The van der Waals surface area contributed by atoms with E-state index in [1.54, 1.807) is 13.0 Å². The number of aryl methyl sites for hydroxylation is 1. The first-order valence-electron chi connectivity index (χ1n) is 9.38. The highest BCUT2D eigenvalue weighted by molar-refractivity contribution is 5.87. The Labute approximate surface area is 166 Å². The van der Waals surface area contributed by atoms with Crippen molar-refractivity contribution in [2.24, 2.45) is 0 Å². The Morgan fingerprint density at radius 1 is 0.929 bits per heavy atom. The normalized spacial score (nSPS) is 10.8. The monoisotopic (exact) mass is 372 g/mol. The van der Waals surface area contributed by atoms with Gasteiger partial charge in [0.2, 0.25) is 0 Å². The van der Waals surface area contributed by atoms with Crippen molar-refractivity contribution < 1.29 is 14.3 Å². The first-order valence-corrected chi connectivity index (χ1v) is 9.38. The largest absolute Gasteiger partial charge is 0.489 e. The van der Waals surface area contributed by atoms with Crippen LogP contribution in [0.25, 0.3) is 17.2 Å². The summed E-state index contributed by atoms with van der Waals surface area (Å²) in [6, 6.07) is 24.4. The molecular weight excluding hydrogens is 348 g/mol. The van der Waals surface area contributed by atoms with Crippen LogP contribution in [-0.4, -0.2) is 12.6 Å². The molecule has 0 saturated carbocycles. The predicted octanol–water partition coefficient (Wildman–Crippen LogP) is 5.82. The van der Waals surface area contributed by atoms with Crippen LogP contribution in [0.2, 0.25) is 0 Å². The maximum atomic E-state index is 11.5. The fourth-order valence-electron chi connectivity index (χ4n) is 2.90. The molecule has 28 heavy (non-hydrogen) atoms. The summed E-state index contributed by atoms with van der Waals surface area (Å²) in [7, 11) is 0. The van der Waals surface area contributed by atoms with Gasteiger partial charge >= 0.3 is 5.97 Å². The zero-order chi connectivity index (χ0) is 19.8. The summed E-state index contributed by atoms with van der Waals surface area (Å²) in [6.45, 7) is 4.77. The summed E-state index contributed by atoms with van der Waals surface area (Å²) >= 11 is 0. The third-order valence-corrected chi connectivity index (χ3v) is 4.33. The van der Waals surface area contributed by atoms with Crippen molar-refractivity contribution in [2.45, 2.75) is 20.5 Å². The second-order valence-corrected chi connectivity index (χ2v) is 6.47. The molecule has 3 rings (SSSR count). The molecule has 3 heteroatoms. The number of ether oxygens (including phenoxy) is 2. The van der Waals surface area contributed by atoms with Crippen molar-refractivity contribution in [3.63, 3.8) is 0 Å². The first-order chi connectivity index (χ1) is 13.7. The maximum absolute atomic E-state index is 11.5. The fourth-order valence-corrected chi connectivity index (χ4v) is 2.90. The summed E-state index contributed by atoms with van der Waals surface area (Å²) in [5, 5.41) is 0. The molecule has 0 bridgehead atoms. The molecule has 0 aliphatic carbocycles. The minimum Gasteiger partial charge on any atom is -0.489 e. The molecule has 0 unspecified atom stereocenters. The van der Waals surface area contributed by atoms with Crippen molar-refractivity contribution in [3.05, 3.63) is 95.6 Å². The lowest BCUT2D eigenvalue weighted by molar-refractivity contribution is -0.137. The van der Waals surface area contributed by atoms with E-state index in [2.05, 4.69) is 36.4 Å². The molecule has 0 spiro atoms. The Morgan fingerprint density at radius 3 is 2.46 bits per heavy atom. The van der Waals surface area contributed by atoms with E-state index in [1.807, 2.05) is 43.3 Å². The number of esters is 1. The second-order valence-electron chi connectivity index (χ2n) is 6.47. The number of carbonyl (C=O) groups excluding carboxylic acids is 1. The number of rotatable bonds is 7. The average Bonchev–Trinajstić information content (AvgIpc) is 2.72. The topological polar surface area (TPSA) is 35.5 Å². The van der Waals surface area contributed by atoms with Crippen molar-refractivity contribution in [1.29, 1.82) is 0 Å². The zero-order valence-electron chi connectivity index (χ0n) is 16.2. The molecule has 142 valence electrons. The number of hydrogen-bond donors (Lipinski definition) is 0. The van der Waals surface area contributed by atoms with Gasteiger partial charge in [0.15, 0.2) is 0 Å². The van der Waals surface area contributed by atoms with Gasteiger partial charge in [-0.05, 0) is 65.9 Å². The summed E-state index contributed by atoms with van der Waals surface area (Å²) in [5.41, 5.74) is 5.38. The highest BCUT2D eigenvalue weighted by atomic mass is 16.5. The molecule has 3 nitrogen and oxygen atoms in total.